The van der Waals surface area contributed by atoms with E-state index in [2.05, 4.69) is 10.5 Å². The van der Waals surface area contributed by atoms with Gasteiger partial charge in [-0.3, -0.25) is 4.79 Å². The quantitative estimate of drug-likeness (QED) is 0.499. The molecular formula is C15H17N2O7S-. The first-order valence-corrected chi connectivity index (χ1v) is 9.11. The Bertz CT molecular complexity index is 817. The third kappa shape index (κ3) is 4.27. The number of carboxylic acids is 1. The van der Waals surface area contributed by atoms with Gasteiger partial charge in [0.1, 0.15) is 0 Å². The molecule has 1 aliphatic heterocycles. The fraction of sp³-hybridized carbons (Fsp3) is 0.400. The molecule has 1 fully saturated rings. The molecule has 0 unspecified atom stereocenters. The second-order valence-corrected chi connectivity index (χ2v) is 7.62. The fourth-order valence-corrected chi connectivity index (χ4v) is 4.26. The molecule has 1 N–H and O–H groups in total. The van der Waals surface area contributed by atoms with Gasteiger partial charge in [-0.1, -0.05) is 0 Å². The maximum Gasteiger partial charge on any atom is 0.244 e. The summed E-state index contributed by atoms with van der Waals surface area (Å²) in [5.74, 6) is -2.75. The lowest BCUT2D eigenvalue weighted by atomic mass is 10.1. The first kappa shape index (κ1) is 18.7. The molecule has 1 heterocycles. The van der Waals surface area contributed by atoms with E-state index in [4.69, 9.17) is 9.47 Å². The van der Waals surface area contributed by atoms with Gasteiger partial charge in [-0.25, -0.2) is 13.8 Å². The molecule has 1 atom stereocenters. The topological polar surface area (TPSA) is 134 Å². The number of benzene rings is 1. The van der Waals surface area contributed by atoms with Crippen LogP contribution in [0, 0.1) is 5.92 Å². The van der Waals surface area contributed by atoms with Crippen LogP contribution in [0.5, 0.6) is 11.5 Å². The Morgan fingerprint density at radius 2 is 2.04 bits per heavy atom. The zero-order chi connectivity index (χ0) is 18.6. The summed E-state index contributed by atoms with van der Waals surface area (Å²) in [4.78, 5) is 23.3. The molecule has 0 aromatic heterocycles. The molecule has 0 bridgehead atoms. The molecule has 0 aliphatic carbocycles. The van der Waals surface area contributed by atoms with Crippen molar-refractivity contribution in [2.45, 2.75) is 6.42 Å². The van der Waals surface area contributed by atoms with Crippen LogP contribution < -0.4 is 20.0 Å². The molecule has 136 valence electrons. The Labute approximate surface area is 144 Å². The maximum atomic E-state index is 11.9. The number of sulfone groups is 1. The van der Waals surface area contributed by atoms with Gasteiger partial charge < -0.3 is 19.4 Å². The van der Waals surface area contributed by atoms with Crippen LogP contribution in [0.4, 0.5) is 0 Å². The highest BCUT2D eigenvalue weighted by Crippen LogP contribution is 2.32. The van der Waals surface area contributed by atoms with Crippen molar-refractivity contribution in [1.29, 1.82) is 0 Å². The Balaban J connectivity index is 2.18. The van der Waals surface area contributed by atoms with Crippen molar-refractivity contribution in [3.8, 4) is 11.5 Å². The van der Waals surface area contributed by atoms with E-state index in [-0.39, 0.29) is 40.6 Å². The number of carboxylic acid groups (broad SMARTS) is 1. The molecule has 1 aliphatic rings. The van der Waals surface area contributed by atoms with E-state index in [0.29, 0.717) is 0 Å². The number of rotatable bonds is 6. The SMILES string of the molecule is COc1ccc(/C=N\NC(=O)[C@H]2CCS(=O)(=O)C2)c(C(=O)[O-])c1OC. The van der Waals surface area contributed by atoms with Gasteiger partial charge in [-0.05, 0) is 18.6 Å². The molecule has 0 saturated carbocycles. The minimum atomic E-state index is -3.18. The molecule has 0 radical (unpaired) electrons. The van der Waals surface area contributed by atoms with Crippen LogP contribution >= 0.6 is 0 Å². The van der Waals surface area contributed by atoms with Crippen LogP contribution in [-0.4, -0.2) is 52.2 Å². The minimum Gasteiger partial charge on any atom is -0.545 e. The van der Waals surface area contributed by atoms with Crippen molar-refractivity contribution in [1.82, 2.24) is 5.43 Å². The number of methoxy groups -OCH3 is 2. The van der Waals surface area contributed by atoms with Gasteiger partial charge in [-0.15, -0.1) is 0 Å². The van der Waals surface area contributed by atoms with Gasteiger partial charge in [0.05, 0.1) is 49.4 Å². The lowest BCUT2D eigenvalue weighted by molar-refractivity contribution is -0.255. The van der Waals surface area contributed by atoms with Crippen LogP contribution in [0.3, 0.4) is 0 Å². The summed E-state index contributed by atoms with van der Waals surface area (Å²) >= 11 is 0. The van der Waals surface area contributed by atoms with Gasteiger partial charge in [0, 0.05) is 5.56 Å². The average molecular weight is 369 g/mol. The normalized spacial score (nSPS) is 18.9. The molecule has 1 aromatic carbocycles. The number of carbonyl (C=O) groups excluding carboxylic acids is 2. The zero-order valence-electron chi connectivity index (χ0n) is 13.6. The third-order valence-electron chi connectivity index (χ3n) is 3.76. The number of hydrogen-bond donors (Lipinski definition) is 1. The Morgan fingerprint density at radius 3 is 2.56 bits per heavy atom. The summed E-state index contributed by atoms with van der Waals surface area (Å²) in [6.07, 6.45) is 1.36. The second-order valence-electron chi connectivity index (χ2n) is 5.39. The zero-order valence-corrected chi connectivity index (χ0v) is 14.5. The molecular weight excluding hydrogens is 352 g/mol. The average Bonchev–Trinajstić information content (AvgIpc) is 2.93. The summed E-state index contributed by atoms with van der Waals surface area (Å²) in [7, 11) is -0.535. The molecule has 9 nitrogen and oxygen atoms in total. The van der Waals surface area contributed by atoms with E-state index < -0.39 is 27.6 Å². The number of amides is 1. The van der Waals surface area contributed by atoms with E-state index in [0.717, 1.165) is 6.21 Å². The number of carbonyl (C=O) groups is 2. The Kier molecular flexibility index (Phi) is 5.62. The monoisotopic (exact) mass is 369 g/mol. The summed E-state index contributed by atoms with van der Waals surface area (Å²) in [5.41, 5.74) is 2.09. The molecule has 0 spiro atoms. The summed E-state index contributed by atoms with van der Waals surface area (Å²) in [5, 5.41) is 15.1. The van der Waals surface area contributed by atoms with Gasteiger partial charge in [0.15, 0.2) is 21.3 Å². The fourth-order valence-electron chi connectivity index (χ4n) is 2.52. The summed E-state index contributed by atoms with van der Waals surface area (Å²) in [6.45, 7) is 0. The predicted octanol–water partition coefficient (Wildman–Crippen LogP) is -1.05. The second kappa shape index (κ2) is 7.51. The first-order valence-electron chi connectivity index (χ1n) is 7.28. The number of nitrogens with zero attached hydrogens (tertiary/aromatic N) is 1. The van der Waals surface area contributed by atoms with Crippen molar-refractivity contribution in [2.75, 3.05) is 25.7 Å². The van der Waals surface area contributed by atoms with Crippen molar-refractivity contribution in [2.24, 2.45) is 11.0 Å². The predicted molar refractivity (Wildman–Crippen MR) is 86.4 cm³/mol. The van der Waals surface area contributed by atoms with E-state index in [1.165, 1.54) is 26.4 Å². The molecule has 2 rings (SSSR count). The van der Waals surface area contributed by atoms with Crippen molar-refractivity contribution in [3.05, 3.63) is 23.3 Å². The van der Waals surface area contributed by atoms with Crippen molar-refractivity contribution < 1.29 is 32.6 Å². The van der Waals surface area contributed by atoms with Gasteiger partial charge in [0.2, 0.25) is 5.91 Å². The van der Waals surface area contributed by atoms with Gasteiger partial charge >= 0.3 is 0 Å². The number of nitrogens with one attached hydrogen (secondary N) is 1. The Hall–Kier alpha value is -2.62. The molecule has 1 aromatic rings. The van der Waals surface area contributed by atoms with Crippen LogP contribution in [0.1, 0.15) is 22.3 Å². The van der Waals surface area contributed by atoms with Crippen LogP contribution in [0.15, 0.2) is 17.2 Å². The molecule has 25 heavy (non-hydrogen) atoms. The largest absolute Gasteiger partial charge is 0.545 e. The highest BCUT2D eigenvalue weighted by molar-refractivity contribution is 7.91. The van der Waals surface area contributed by atoms with E-state index in [1.54, 1.807) is 0 Å². The lowest BCUT2D eigenvalue weighted by Crippen LogP contribution is -2.28. The van der Waals surface area contributed by atoms with Crippen LogP contribution in [0.25, 0.3) is 0 Å². The first-order chi connectivity index (χ1) is 11.8. The van der Waals surface area contributed by atoms with E-state index >= 15 is 0 Å². The molecule has 1 amide bonds. The van der Waals surface area contributed by atoms with E-state index in [9.17, 15) is 23.1 Å². The van der Waals surface area contributed by atoms with Gasteiger partial charge in [-0.2, -0.15) is 5.10 Å². The lowest BCUT2D eigenvalue weighted by Gasteiger charge is -2.15. The van der Waals surface area contributed by atoms with Gasteiger partial charge in [0.25, 0.3) is 0 Å². The third-order valence-corrected chi connectivity index (χ3v) is 5.53. The summed E-state index contributed by atoms with van der Waals surface area (Å²) < 4.78 is 32.8. The number of aromatic carboxylic acids is 1. The van der Waals surface area contributed by atoms with Crippen LogP contribution in [-0.2, 0) is 14.6 Å². The molecule has 1 saturated heterocycles. The minimum absolute atomic E-state index is 0.0281. The highest BCUT2D eigenvalue weighted by atomic mass is 32.2. The van der Waals surface area contributed by atoms with Crippen molar-refractivity contribution >= 4 is 27.9 Å². The van der Waals surface area contributed by atoms with Crippen molar-refractivity contribution in [3.63, 3.8) is 0 Å². The number of hydrogen-bond acceptors (Lipinski definition) is 8. The maximum absolute atomic E-state index is 11.9. The Morgan fingerprint density at radius 1 is 1.32 bits per heavy atom. The summed E-state index contributed by atoms with van der Waals surface area (Å²) in [6, 6.07) is 2.90. The number of ether oxygens (including phenoxy) is 2. The standard InChI is InChI=1S/C15H18N2O7S/c1-23-11-4-3-9(12(15(19)20)13(11)24-2)7-16-17-14(18)10-5-6-25(21,22)8-10/h3-4,7,10H,5-6,8H2,1-2H3,(H,17,18)(H,19,20)/p-1/b16-7-/t10-/m0/s1. The number of hydrazone groups is 1. The molecule has 10 heteroatoms. The van der Waals surface area contributed by atoms with Crippen LogP contribution in [0.2, 0.25) is 0 Å². The highest BCUT2D eigenvalue weighted by Gasteiger charge is 2.32. The van der Waals surface area contributed by atoms with E-state index in [1.807, 2.05) is 0 Å². The smallest absolute Gasteiger partial charge is 0.244 e.